The van der Waals surface area contributed by atoms with Gasteiger partial charge in [-0.25, -0.2) is 8.42 Å². The fourth-order valence-electron chi connectivity index (χ4n) is 3.52. The van der Waals surface area contributed by atoms with Gasteiger partial charge in [0.25, 0.3) is 0 Å². The Morgan fingerprint density at radius 3 is 2.48 bits per heavy atom. The lowest BCUT2D eigenvalue weighted by Crippen LogP contribution is -2.47. The summed E-state index contributed by atoms with van der Waals surface area (Å²) in [5.41, 5.74) is -0.484. The summed E-state index contributed by atoms with van der Waals surface area (Å²) in [6, 6.07) is -0.0500. The fourth-order valence-corrected chi connectivity index (χ4v) is 4.70. The van der Waals surface area contributed by atoms with Crippen LogP contribution in [0.3, 0.4) is 0 Å². The van der Waals surface area contributed by atoms with Crippen LogP contribution in [0.15, 0.2) is 4.99 Å². The summed E-state index contributed by atoms with van der Waals surface area (Å²) in [7, 11) is -1.48. The van der Waals surface area contributed by atoms with Crippen molar-refractivity contribution in [1.82, 2.24) is 14.5 Å². The Morgan fingerprint density at radius 2 is 1.93 bits per heavy atom. The summed E-state index contributed by atoms with van der Waals surface area (Å²) in [5, 5.41) is 3.28. The predicted octanol–water partition coefficient (Wildman–Crippen LogP) is 1.27. The second kappa shape index (κ2) is 9.73. The number of guanidine groups is 1. The molecule has 2 fully saturated rings. The lowest BCUT2D eigenvalue weighted by Gasteiger charge is -2.26. The maximum atomic E-state index is 12.3. The fraction of sp³-hybridized carbons (Fsp3) is 0.882. The van der Waals surface area contributed by atoms with Crippen molar-refractivity contribution in [2.45, 2.75) is 51.7 Å². The van der Waals surface area contributed by atoms with E-state index in [9.17, 15) is 13.2 Å². The highest BCUT2D eigenvalue weighted by molar-refractivity contribution is 14.0. The molecule has 2 rings (SSSR count). The summed E-state index contributed by atoms with van der Waals surface area (Å²) < 4.78 is 30.7. The van der Waals surface area contributed by atoms with Crippen molar-refractivity contribution < 1.29 is 17.9 Å². The van der Waals surface area contributed by atoms with Gasteiger partial charge in [0.15, 0.2) is 5.96 Å². The maximum Gasteiger partial charge on any atom is 0.311 e. The molecule has 27 heavy (non-hydrogen) atoms. The van der Waals surface area contributed by atoms with Crippen LogP contribution in [0.1, 0.15) is 40.0 Å². The molecular formula is C17H33IN4O4S. The van der Waals surface area contributed by atoms with Crippen molar-refractivity contribution in [3.63, 3.8) is 0 Å². The second-order valence-electron chi connectivity index (χ2n) is 8.06. The van der Waals surface area contributed by atoms with Crippen LogP contribution >= 0.6 is 24.0 Å². The molecule has 0 amide bonds. The van der Waals surface area contributed by atoms with Gasteiger partial charge in [-0.3, -0.25) is 9.79 Å². The standard InChI is InChI=1S/C17H32N4O4S.HI/c1-17(2,3)25-15(22)13-8-10-20(12-13)16(18-4)19-11-14-7-6-9-21(14)26(5,23)24;/h13-14H,6-12H2,1-5H3,(H,18,19);1H/t13?,14-;/m1./s1. The number of hydrogen-bond acceptors (Lipinski definition) is 5. The molecule has 0 radical (unpaired) electrons. The van der Waals surface area contributed by atoms with Crippen LogP contribution in [-0.4, -0.2) is 80.7 Å². The van der Waals surface area contributed by atoms with Crippen LogP contribution in [0.25, 0.3) is 0 Å². The maximum absolute atomic E-state index is 12.3. The molecule has 1 N–H and O–H groups in total. The largest absolute Gasteiger partial charge is 0.460 e. The smallest absolute Gasteiger partial charge is 0.311 e. The van der Waals surface area contributed by atoms with Crippen molar-refractivity contribution in [3.8, 4) is 0 Å². The molecule has 8 nitrogen and oxygen atoms in total. The minimum absolute atomic E-state index is 0. The zero-order chi connectivity index (χ0) is 19.5. The van der Waals surface area contributed by atoms with Gasteiger partial charge < -0.3 is 15.0 Å². The number of hydrogen-bond donors (Lipinski definition) is 1. The zero-order valence-corrected chi connectivity index (χ0v) is 20.0. The van der Waals surface area contributed by atoms with E-state index in [2.05, 4.69) is 10.3 Å². The highest BCUT2D eigenvalue weighted by atomic mass is 127. The van der Waals surface area contributed by atoms with Crippen molar-refractivity contribution >= 4 is 45.9 Å². The lowest BCUT2D eigenvalue weighted by molar-refractivity contribution is -0.159. The third-order valence-electron chi connectivity index (χ3n) is 4.68. The van der Waals surface area contributed by atoms with Gasteiger partial charge in [0.1, 0.15) is 5.60 Å². The number of likely N-dealkylation sites (tertiary alicyclic amines) is 1. The number of carbonyl (C=O) groups excluding carboxylic acids is 1. The summed E-state index contributed by atoms with van der Waals surface area (Å²) in [4.78, 5) is 18.6. The molecule has 0 saturated carbocycles. The number of sulfonamides is 1. The van der Waals surface area contributed by atoms with E-state index in [4.69, 9.17) is 4.74 Å². The predicted molar refractivity (Wildman–Crippen MR) is 117 cm³/mol. The van der Waals surface area contributed by atoms with E-state index in [0.717, 1.165) is 25.8 Å². The first-order chi connectivity index (χ1) is 12.0. The number of aliphatic imine (C=N–C) groups is 1. The van der Waals surface area contributed by atoms with E-state index in [1.165, 1.54) is 6.26 Å². The van der Waals surface area contributed by atoms with Crippen LogP contribution in [0.2, 0.25) is 0 Å². The molecule has 0 aromatic rings. The van der Waals surface area contributed by atoms with Crippen LogP contribution in [0.4, 0.5) is 0 Å². The minimum atomic E-state index is -3.18. The number of nitrogens with zero attached hydrogens (tertiary/aromatic N) is 3. The van der Waals surface area contributed by atoms with E-state index in [1.807, 2.05) is 25.7 Å². The first kappa shape index (κ1) is 24.4. The molecule has 0 spiro atoms. The van der Waals surface area contributed by atoms with E-state index in [0.29, 0.717) is 25.6 Å². The average Bonchev–Trinajstić information content (AvgIpc) is 3.14. The first-order valence-corrected chi connectivity index (χ1v) is 11.0. The molecule has 0 aromatic carbocycles. The Morgan fingerprint density at radius 1 is 1.26 bits per heavy atom. The van der Waals surface area contributed by atoms with Gasteiger partial charge in [0.05, 0.1) is 12.2 Å². The van der Waals surface area contributed by atoms with Gasteiger partial charge in [-0.15, -0.1) is 24.0 Å². The van der Waals surface area contributed by atoms with Crippen LogP contribution in [0.5, 0.6) is 0 Å². The van der Waals surface area contributed by atoms with Gasteiger partial charge in [-0.05, 0) is 40.0 Å². The van der Waals surface area contributed by atoms with Crippen LogP contribution in [-0.2, 0) is 19.6 Å². The van der Waals surface area contributed by atoms with E-state index in [-0.39, 0.29) is 41.9 Å². The Bertz CT molecular complexity index is 648. The Labute approximate surface area is 180 Å². The molecular weight excluding hydrogens is 483 g/mol. The molecule has 2 atom stereocenters. The number of rotatable bonds is 4. The zero-order valence-electron chi connectivity index (χ0n) is 16.9. The quantitative estimate of drug-likeness (QED) is 0.262. The normalized spacial score (nSPS) is 24.6. The number of esters is 1. The molecule has 0 aromatic heterocycles. The molecule has 2 saturated heterocycles. The third kappa shape index (κ3) is 7.04. The number of halogens is 1. The second-order valence-corrected chi connectivity index (χ2v) is 10.00. The molecule has 10 heteroatoms. The monoisotopic (exact) mass is 516 g/mol. The van der Waals surface area contributed by atoms with E-state index >= 15 is 0 Å². The molecule has 2 aliphatic rings. The molecule has 2 heterocycles. The van der Waals surface area contributed by atoms with Gasteiger partial charge in [-0.1, -0.05) is 0 Å². The van der Waals surface area contributed by atoms with E-state index in [1.54, 1.807) is 11.4 Å². The Kier molecular flexibility index (Phi) is 8.80. The summed E-state index contributed by atoms with van der Waals surface area (Å²) in [6.07, 6.45) is 3.71. The van der Waals surface area contributed by atoms with Gasteiger partial charge in [0, 0.05) is 39.3 Å². The molecule has 0 aliphatic carbocycles. The Hall–Kier alpha value is -0.620. The van der Waals surface area contributed by atoms with Crippen molar-refractivity contribution in [1.29, 1.82) is 0 Å². The minimum Gasteiger partial charge on any atom is -0.460 e. The highest BCUT2D eigenvalue weighted by Crippen LogP contribution is 2.22. The lowest BCUT2D eigenvalue weighted by atomic mass is 10.1. The summed E-state index contributed by atoms with van der Waals surface area (Å²) in [5.74, 6) is 0.373. The number of nitrogens with one attached hydrogen (secondary N) is 1. The van der Waals surface area contributed by atoms with Gasteiger partial charge in [0.2, 0.25) is 10.0 Å². The molecule has 1 unspecified atom stereocenters. The summed E-state index contributed by atoms with van der Waals surface area (Å²) in [6.45, 7) is 7.99. The first-order valence-electron chi connectivity index (χ1n) is 9.16. The molecule has 2 aliphatic heterocycles. The van der Waals surface area contributed by atoms with Crippen LogP contribution in [0, 0.1) is 5.92 Å². The van der Waals surface area contributed by atoms with E-state index < -0.39 is 15.6 Å². The highest BCUT2D eigenvalue weighted by Gasteiger charge is 2.35. The molecule has 158 valence electrons. The Balaban J connectivity index is 0.00000364. The van der Waals surface area contributed by atoms with Crippen molar-refractivity contribution in [2.24, 2.45) is 10.9 Å². The van der Waals surface area contributed by atoms with Crippen molar-refractivity contribution in [3.05, 3.63) is 0 Å². The third-order valence-corrected chi connectivity index (χ3v) is 6.02. The molecule has 0 bridgehead atoms. The van der Waals surface area contributed by atoms with Crippen molar-refractivity contribution in [2.75, 3.05) is 39.5 Å². The summed E-state index contributed by atoms with van der Waals surface area (Å²) >= 11 is 0. The number of ether oxygens (including phenoxy) is 1. The average molecular weight is 516 g/mol. The number of carbonyl (C=O) groups is 1. The van der Waals surface area contributed by atoms with Gasteiger partial charge in [-0.2, -0.15) is 4.31 Å². The van der Waals surface area contributed by atoms with Crippen LogP contribution < -0.4 is 5.32 Å². The van der Waals surface area contributed by atoms with Gasteiger partial charge >= 0.3 is 5.97 Å². The topological polar surface area (TPSA) is 91.3 Å². The SMILES string of the molecule is CN=C(NC[C@H]1CCCN1S(C)(=O)=O)N1CCC(C(=O)OC(C)(C)C)C1.I.